The maximum absolute atomic E-state index is 11.7. The molecule has 0 radical (unpaired) electrons. The third-order valence-corrected chi connectivity index (χ3v) is 4.02. The molecule has 6 heteroatoms. The second kappa shape index (κ2) is 5.76. The molecule has 1 saturated heterocycles. The molecule has 108 valence electrons. The second-order valence-corrected chi connectivity index (χ2v) is 5.93. The Kier molecular flexibility index (Phi) is 3.98. The fourth-order valence-electron chi connectivity index (χ4n) is 2.12. The van der Waals surface area contributed by atoms with Crippen LogP contribution in [-0.4, -0.2) is 12.0 Å². The van der Waals surface area contributed by atoms with Gasteiger partial charge in [0, 0.05) is 10.0 Å². The van der Waals surface area contributed by atoms with Crippen LogP contribution in [-0.2, 0) is 4.79 Å². The van der Waals surface area contributed by atoms with Crippen LogP contribution in [0.2, 0.25) is 15.1 Å². The Morgan fingerprint density at radius 3 is 2.24 bits per heavy atom. The predicted octanol–water partition coefficient (Wildman–Crippen LogP) is 4.27. The van der Waals surface area contributed by atoms with Crippen LogP contribution < -0.4 is 10.1 Å². The fourth-order valence-corrected chi connectivity index (χ4v) is 2.70. The quantitative estimate of drug-likeness (QED) is 0.846. The monoisotopic (exact) mass is 341 g/mol. The van der Waals surface area contributed by atoms with Crippen molar-refractivity contribution in [1.82, 2.24) is 5.32 Å². The molecule has 2 aromatic rings. The standard InChI is InChI=1S/C15H10Cl3NO2/c16-9-3-1-8(2-4-9)13-14(15(20)19-13)21-12-6-5-10(17)7-11(12)18/h1-7,13-14H,(H,19,20)/t13-,14+/m1/s1. The van der Waals surface area contributed by atoms with Crippen molar-refractivity contribution in [1.29, 1.82) is 0 Å². The highest BCUT2D eigenvalue weighted by atomic mass is 35.5. The molecule has 1 N–H and O–H groups in total. The summed E-state index contributed by atoms with van der Waals surface area (Å²) in [4.78, 5) is 11.7. The highest BCUT2D eigenvalue weighted by molar-refractivity contribution is 6.35. The summed E-state index contributed by atoms with van der Waals surface area (Å²) in [5.41, 5.74) is 0.925. The van der Waals surface area contributed by atoms with Gasteiger partial charge in [0.15, 0.2) is 0 Å². The van der Waals surface area contributed by atoms with Crippen molar-refractivity contribution < 1.29 is 9.53 Å². The molecule has 2 atom stereocenters. The van der Waals surface area contributed by atoms with Crippen molar-refractivity contribution in [2.24, 2.45) is 0 Å². The zero-order valence-electron chi connectivity index (χ0n) is 10.6. The summed E-state index contributed by atoms with van der Waals surface area (Å²) in [7, 11) is 0. The van der Waals surface area contributed by atoms with Gasteiger partial charge in [0.2, 0.25) is 6.10 Å². The number of hydrogen-bond donors (Lipinski definition) is 1. The Bertz CT molecular complexity index is 688. The van der Waals surface area contributed by atoms with Crippen LogP contribution in [0.1, 0.15) is 11.6 Å². The zero-order chi connectivity index (χ0) is 15.0. The lowest BCUT2D eigenvalue weighted by atomic mass is 9.94. The molecule has 3 nitrogen and oxygen atoms in total. The molecule has 1 aliphatic heterocycles. The minimum atomic E-state index is -0.621. The summed E-state index contributed by atoms with van der Waals surface area (Å²) in [6.45, 7) is 0. The van der Waals surface area contributed by atoms with Crippen LogP contribution in [0.3, 0.4) is 0 Å². The molecule has 0 aromatic heterocycles. The first-order chi connectivity index (χ1) is 10.0. The average molecular weight is 343 g/mol. The molecule has 0 aliphatic carbocycles. The van der Waals surface area contributed by atoms with Crippen LogP contribution in [0.5, 0.6) is 5.75 Å². The molecular formula is C15H10Cl3NO2. The molecule has 2 aromatic carbocycles. The third-order valence-electron chi connectivity index (χ3n) is 3.24. The van der Waals surface area contributed by atoms with E-state index in [4.69, 9.17) is 39.5 Å². The Balaban J connectivity index is 1.80. The highest BCUT2D eigenvalue weighted by Crippen LogP contribution is 2.33. The lowest BCUT2D eigenvalue weighted by Crippen LogP contribution is -2.58. The SMILES string of the molecule is O=C1N[C@H](c2ccc(Cl)cc2)[C@@H]1Oc1ccc(Cl)cc1Cl. The summed E-state index contributed by atoms with van der Waals surface area (Å²) >= 11 is 17.8. The van der Waals surface area contributed by atoms with Gasteiger partial charge in [-0.1, -0.05) is 46.9 Å². The molecule has 0 unspecified atom stereocenters. The van der Waals surface area contributed by atoms with Gasteiger partial charge in [0.25, 0.3) is 5.91 Å². The molecule has 1 heterocycles. The minimum absolute atomic E-state index is 0.180. The largest absolute Gasteiger partial charge is 0.476 e. The molecule has 1 fully saturated rings. The summed E-state index contributed by atoms with van der Waals surface area (Å²) in [5.74, 6) is 0.251. The molecule has 3 rings (SSSR count). The summed E-state index contributed by atoms with van der Waals surface area (Å²) < 4.78 is 5.71. The van der Waals surface area contributed by atoms with E-state index >= 15 is 0 Å². The van der Waals surface area contributed by atoms with Gasteiger partial charge in [0.1, 0.15) is 11.8 Å². The highest BCUT2D eigenvalue weighted by Gasteiger charge is 2.42. The van der Waals surface area contributed by atoms with Crippen molar-refractivity contribution >= 4 is 40.7 Å². The fraction of sp³-hybridized carbons (Fsp3) is 0.133. The number of β-lactam (4-membered cyclic amide) rings is 1. The van der Waals surface area contributed by atoms with Crippen LogP contribution >= 0.6 is 34.8 Å². The van der Waals surface area contributed by atoms with E-state index < -0.39 is 6.10 Å². The van der Waals surface area contributed by atoms with E-state index in [1.165, 1.54) is 0 Å². The van der Waals surface area contributed by atoms with Gasteiger partial charge >= 0.3 is 0 Å². The lowest BCUT2D eigenvalue weighted by molar-refractivity contribution is -0.140. The predicted molar refractivity (Wildman–Crippen MR) is 83.2 cm³/mol. The average Bonchev–Trinajstić information content (AvgIpc) is 2.45. The first kappa shape index (κ1) is 14.5. The lowest BCUT2D eigenvalue weighted by Gasteiger charge is -2.37. The number of carbonyl (C=O) groups is 1. The minimum Gasteiger partial charge on any atom is -0.476 e. The van der Waals surface area contributed by atoms with Crippen molar-refractivity contribution in [3.8, 4) is 5.75 Å². The number of carbonyl (C=O) groups excluding carboxylic acids is 1. The van der Waals surface area contributed by atoms with E-state index in [1.807, 2.05) is 12.1 Å². The van der Waals surface area contributed by atoms with E-state index in [0.717, 1.165) is 5.56 Å². The summed E-state index contributed by atoms with van der Waals surface area (Å²) in [5, 5.41) is 4.33. The molecule has 21 heavy (non-hydrogen) atoms. The molecule has 0 bridgehead atoms. The third kappa shape index (κ3) is 2.95. The number of benzene rings is 2. The zero-order valence-corrected chi connectivity index (χ0v) is 12.9. The molecule has 0 spiro atoms. The maximum Gasteiger partial charge on any atom is 0.264 e. The topological polar surface area (TPSA) is 38.3 Å². The summed E-state index contributed by atoms with van der Waals surface area (Å²) in [6.07, 6.45) is -0.621. The maximum atomic E-state index is 11.7. The second-order valence-electron chi connectivity index (χ2n) is 4.65. The number of hydrogen-bond acceptors (Lipinski definition) is 2. The van der Waals surface area contributed by atoms with E-state index in [9.17, 15) is 4.79 Å². The first-order valence-corrected chi connectivity index (χ1v) is 7.35. The van der Waals surface area contributed by atoms with Gasteiger partial charge in [-0.2, -0.15) is 0 Å². The van der Waals surface area contributed by atoms with Crippen molar-refractivity contribution in [2.75, 3.05) is 0 Å². The van der Waals surface area contributed by atoms with Gasteiger partial charge < -0.3 is 10.1 Å². The normalized spacial score (nSPS) is 20.6. The van der Waals surface area contributed by atoms with Crippen LogP contribution in [0.4, 0.5) is 0 Å². The Morgan fingerprint density at radius 1 is 0.952 bits per heavy atom. The van der Waals surface area contributed by atoms with Crippen molar-refractivity contribution in [2.45, 2.75) is 12.1 Å². The van der Waals surface area contributed by atoms with E-state index in [2.05, 4.69) is 5.32 Å². The smallest absolute Gasteiger partial charge is 0.264 e. The first-order valence-electron chi connectivity index (χ1n) is 6.22. The Labute approximate surface area is 136 Å². The number of halogens is 3. The number of ether oxygens (including phenoxy) is 1. The van der Waals surface area contributed by atoms with Gasteiger partial charge in [-0.25, -0.2) is 0 Å². The Morgan fingerprint density at radius 2 is 1.62 bits per heavy atom. The number of amides is 1. The van der Waals surface area contributed by atoms with Crippen LogP contribution in [0.25, 0.3) is 0 Å². The van der Waals surface area contributed by atoms with Crippen LogP contribution in [0.15, 0.2) is 42.5 Å². The van der Waals surface area contributed by atoms with E-state index in [-0.39, 0.29) is 11.9 Å². The molecule has 0 saturated carbocycles. The van der Waals surface area contributed by atoms with Gasteiger partial charge in [-0.05, 0) is 35.9 Å². The molecule has 1 aliphatic rings. The van der Waals surface area contributed by atoms with E-state index in [0.29, 0.717) is 20.8 Å². The van der Waals surface area contributed by atoms with Gasteiger partial charge in [0.05, 0.1) is 5.02 Å². The van der Waals surface area contributed by atoms with Gasteiger partial charge in [-0.3, -0.25) is 4.79 Å². The number of nitrogens with one attached hydrogen (secondary N) is 1. The van der Waals surface area contributed by atoms with Crippen molar-refractivity contribution in [3.05, 3.63) is 63.1 Å². The molecule has 1 amide bonds. The summed E-state index contributed by atoms with van der Waals surface area (Å²) in [6, 6.07) is 11.9. The van der Waals surface area contributed by atoms with Gasteiger partial charge in [-0.15, -0.1) is 0 Å². The molecular weight excluding hydrogens is 333 g/mol. The Hall–Kier alpha value is -1.42. The van der Waals surface area contributed by atoms with Crippen LogP contribution in [0, 0.1) is 0 Å². The van der Waals surface area contributed by atoms with Crippen molar-refractivity contribution in [3.63, 3.8) is 0 Å². The number of rotatable bonds is 3. The van der Waals surface area contributed by atoms with E-state index in [1.54, 1.807) is 30.3 Å².